The molecular formula is C21H14Cl10NO4+. The number of hydrogen-bond donors (Lipinski definition) is 1. The average molecular weight is 699 g/mol. The van der Waals surface area contributed by atoms with Crippen LogP contribution in [0.1, 0.15) is 23.7 Å². The molecule has 196 valence electrons. The van der Waals surface area contributed by atoms with E-state index >= 15 is 0 Å². The Morgan fingerprint density at radius 2 is 1.31 bits per heavy atom. The van der Waals surface area contributed by atoms with Crippen LogP contribution in [0.25, 0.3) is 0 Å². The molecule has 0 amide bonds. The molecule has 4 atom stereocenters. The molecule has 6 aliphatic rings. The molecule has 4 bridgehead atoms. The van der Waals surface area contributed by atoms with Crippen molar-refractivity contribution in [1.82, 2.24) is 0 Å². The third-order valence-electron chi connectivity index (χ3n) is 8.97. The van der Waals surface area contributed by atoms with E-state index in [1.807, 2.05) is 0 Å². The van der Waals surface area contributed by atoms with Crippen LogP contribution in [0.2, 0.25) is 0 Å². The molecule has 5 nitrogen and oxygen atoms in total. The van der Waals surface area contributed by atoms with Crippen LogP contribution in [0.5, 0.6) is 0 Å². The van der Waals surface area contributed by atoms with Crippen molar-refractivity contribution in [2.75, 3.05) is 6.61 Å². The average Bonchev–Trinajstić information content (AvgIpc) is 3.02. The summed E-state index contributed by atoms with van der Waals surface area (Å²) < 4.78 is 4.28. The van der Waals surface area contributed by atoms with Gasteiger partial charge in [-0.25, -0.2) is 4.79 Å². The predicted molar refractivity (Wildman–Crippen MR) is 140 cm³/mol. The first-order valence-corrected chi connectivity index (χ1v) is 14.4. The molecule has 0 radical (unpaired) electrons. The molecule has 7 rings (SSSR count). The van der Waals surface area contributed by atoms with E-state index in [0.717, 1.165) is 0 Å². The van der Waals surface area contributed by atoms with Gasteiger partial charge in [-0.3, -0.25) is 4.79 Å². The number of esters is 1. The van der Waals surface area contributed by atoms with E-state index in [9.17, 15) is 14.7 Å². The molecule has 6 fully saturated rings. The van der Waals surface area contributed by atoms with Crippen LogP contribution in [0.3, 0.4) is 0 Å². The van der Waals surface area contributed by atoms with Gasteiger partial charge in [0.05, 0.1) is 12.2 Å². The van der Waals surface area contributed by atoms with Crippen molar-refractivity contribution >= 4 is 128 Å². The predicted octanol–water partition coefficient (Wildman–Crippen LogP) is 4.90. The first-order valence-electron chi connectivity index (χ1n) is 10.6. The lowest BCUT2D eigenvalue weighted by Gasteiger charge is -2.81. The molecule has 6 saturated carbocycles. The Labute approximate surface area is 255 Å². The van der Waals surface area contributed by atoms with Crippen LogP contribution in [0, 0.1) is 0 Å². The van der Waals surface area contributed by atoms with Crippen molar-refractivity contribution in [3.05, 3.63) is 30.1 Å². The third-order valence-corrected chi connectivity index (χ3v) is 18.3. The quantitative estimate of drug-likeness (QED) is 0.199. The highest BCUT2D eigenvalue weighted by Gasteiger charge is 3.32. The van der Waals surface area contributed by atoms with Gasteiger partial charge >= 0.3 is 5.97 Å². The number of alkyl halides is 10. The van der Waals surface area contributed by atoms with E-state index in [-0.39, 0.29) is 18.7 Å². The van der Waals surface area contributed by atoms with E-state index < -0.39 is 67.1 Å². The lowest BCUT2D eigenvalue weighted by Crippen LogP contribution is -3.03. The van der Waals surface area contributed by atoms with E-state index in [1.54, 1.807) is 19.2 Å². The molecular weight excluding hydrogens is 685 g/mol. The first kappa shape index (κ1) is 27.3. The van der Waals surface area contributed by atoms with Gasteiger partial charge in [-0.05, 0) is 13.0 Å². The number of hydrogen-bond acceptors (Lipinski definition) is 4. The highest BCUT2D eigenvalue weighted by atomic mass is 35.5. The lowest BCUT2D eigenvalue weighted by atomic mass is 9.41. The van der Waals surface area contributed by atoms with Crippen molar-refractivity contribution < 1.29 is 24.0 Å². The van der Waals surface area contributed by atoms with Gasteiger partial charge in [0, 0.05) is 12.5 Å². The summed E-state index contributed by atoms with van der Waals surface area (Å²) in [5, 5.41) is 12.2. The van der Waals surface area contributed by atoms with Gasteiger partial charge in [-0.15, -0.1) is 92.8 Å². The largest absolute Gasteiger partial charge is 0.461 e. The fourth-order valence-corrected chi connectivity index (χ4v) is 16.7. The van der Waals surface area contributed by atoms with E-state index in [0.29, 0.717) is 0 Å². The maximum absolute atomic E-state index is 13.5. The molecule has 1 heterocycles. The third kappa shape index (κ3) is 1.75. The molecule has 0 aliphatic heterocycles. The molecule has 1 aromatic heterocycles. The molecule has 1 N–H and O–H groups in total. The van der Waals surface area contributed by atoms with Crippen molar-refractivity contribution in [1.29, 1.82) is 0 Å². The van der Waals surface area contributed by atoms with Gasteiger partial charge in [-0.1, -0.05) is 23.2 Å². The zero-order chi connectivity index (χ0) is 27.0. The number of carbonyl (C=O) groups excluding carboxylic acids is 2. The monoisotopic (exact) mass is 694 g/mol. The summed E-state index contributed by atoms with van der Waals surface area (Å²) in [6.07, 6.45) is 2.28. The Hall–Kier alpha value is 1.15. The number of ether oxygens (including phenoxy) is 1. The van der Waals surface area contributed by atoms with Crippen LogP contribution >= 0.6 is 116 Å². The standard InChI is InChI=1S/C21H14Cl10NO4/c1-2-36-11(34)8-32-5-3-4-9(7-32)10(33)6-12(35)13(22)15(24)17(26)14(12,23)18(27)16(13,25)19(15,28)21(30,31)20(17,18)29/h3-5,7,35H,2,6,8H2,1H3/q+1. The van der Waals surface area contributed by atoms with Crippen molar-refractivity contribution in [3.8, 4) is 0 Å². The smallest absolute Gasteiger partial charge is 0.372 e. The highest BCUT2D eigenvalue weighted by molar-refractivity contribution is 6.78. The maximum Gasteiger partial charge on any atom is 0.372 e. The fraction of sp³-hybridized carbons (Fsp3) is 0.667. The molecule has 1 aromatic rings. The van der Waals surface area contributed by atoms with Crippen LogP contribution < -0.4 is 4.57 Å². The van der Waals surface area contributed by atoms with Gasteiger partial charge in [0.15, 0.2) is 22.5 Å². The maximum atomic E-state index is 13.5. The minimum Gasteiger partial charge on any atom is -0.461 e. The second-order valence-electron chi connectivity index (χ2n) is 9.87. The summed E-state index contributed by atoms with van der Waals surface area (Å²) in [6, 6.07) is 3.03. The molecule has 6 aliphatic carbocycles. The molecule has 4 unspecified atom stereocenters. The Morgan fingerprint density at radius 1 is 0.833 bits per heavy atom. The van der Waals surface area contributed by atoms with Gasteiger partial charge in [0.25, 0.3) is 0 Å². The Morgan fingerprint density at radius 3 is 1.75 bits per heavy atom. The normalized spacial score (nSPS) is 55.9. The van der Waals surface area contributed by atoms with Crippen LogP contribution in [0.15, 0.2) is 24.5 Å². The molecule has 36 heavy (non-hydrogen) atoms. The summed E-state index contributed by atoms with van der Waals surface area (Å²) >= 11 is 69.7. The topological polar surface area (TPSA) is 67.5 Å². The number of pyridine rings is 1. The van der Waals surface area contributed by atoms with Crippen molar-refractivity contribution in [2.45, 2.75) is 68.8 Å². The summed E-state index contributed by atoms with van der Waals surface area (Å²) in [5.74, 6) is -1.11. The zero-order valence-corrected chi connectivity index (χ0v) is 25.4. The van der Waals surface area contributed by atoms with Crippen LogP contribution in [-0.2, 0) is 16.1 Å². The molecule has 0 spiro atoms. The molecule has 0 aromatic carbocycles. The number of carbonyl (C=O) groups is 2. The van der Waals surface area contributed by atoms with Crippen LogP contribution in [0.4, 0.5) is 0 Å². The number of rotatable bonds is 6. The number of nitrogens with zero attached hydrogens (tertiary/aromatic N) is 1. The minimum atomic E-state index is -2.41. The Balaban J connectivity index is 1.45. The summed E-state index contributed by atoms with van der Waals surface area (Å²) in [6.45, 7) is 1.74. The van der Waals surface area contributed by atoms with Gasteiger partial charge in [0.1, 0.15) is 44.6 Å². The Bertz CT molecular complexity index is 1220. The lowest BCUT2D eigenvalue weighted by molar-refractivity contribution is -0.686. The summed E-state index contributed by atoms with van der Waals surface area (Å²) in [4.78, 5) is 8.72. The van der Waals surface area contributed by atoms with Crippen LogP contribution in [-0.4, -0.2) is 72.4 Å². The van der Waals surface area contributed by atoms with Gasteiger partial charge < -0.3 is 9.84 Å². The fourth-order valence-electron chi connectivity index (χ4n) is 7.87. The molecule has 0 saturated heterocycles. The van der Waals surface area contributed by atoms with Gasteiger partial charge in [-0.2, -0.15) is 4.57 Å². The minimum absolute atomic E-state index is 0.124. The van der Waals surface area contributed by atoms with Crippen molar-refractivity contribution in [2.24, 2.45) is 0 Å². The summed E-state index contributed by atoms with van der Waals surface area (Å²) in [5.41, 5.74) is -2.28. The number of ketones is 1. The zero-order valence-electron chi connectivity index (χ0n) is 17.8. The SMILES string of the molecule is CCOC(=O)C[n+]1cccc(C(=O)CC2(O)C3(Cl)C4(Cl)C5(Cl)C(Cl)(Cl)C6(Cl)C4(Cl)C2(Cl)C6(Cl)C53Cl)c1. The number of Topliss-reactive ketones (excluding diaryl/α,β-unsaturated/α-hetero) is 1. The number of aliphatic hydroxyl groups is 1. The number of halogens is 10. The van der Waals surface area contributed by atoms with Gasteiger partial charge in [0.2, 0.25) is 6.54 Å². The Kier molecular flexibility index (Phi) is 5.15. The van der Waals surface area contributed by atoms with E-state index in [1.165, 1.54) is 16.8 Å². The second-order valence-corrected chi connectivity index (χ2v) is 15.7. The second kappa shape index (κ2) is 6.78. The highest BCUT2D eigenvalue weighted by Crippen LogP contribution is 3.12. The summed E-state index contributed by atoms with van der Waals surface area (Å²) in [7, 11) is 0. The van der Waals surface area contributed by atoms with E-state index in [2.05, 4.69) is 0 Å². The van der Waals surface area contributed by atoms with E-state index in [4.69, 9.17) is 121 Å². The van der Waals surface area contributed by atoms with Crippen molar-refractivity contribution in [3.63, 3.8) is 0 Å². The first-order chi connectivity index (χ1) is 16.3. The number of aromatic nitrogens is 1. The molecule has 15 heteroatoms.